The molecule has 0 N–H and O–H groups in total. The van der Waals surface area contributed by atoms with Crippen molar-refractivity contribution in [3.63, 3.8) is 0 Å². The van der Waals surface area contributed by atoms with Gasteiger partial charge in [0.05, 0.1) is 0 Å². The number of ketones is 1. The van der Waals surface area contributed by atoms with Crippen LogP contribution in [0.1, 0.15) is 100 Å². The molecule has 1 atom stereocenters. The summed E-state index contributed by atoms with van der Waals surface area (Å²) in [5.41, 5.74) is 8.12. The fraction of sp³-hybridized carbons (Fsp3) is 0.500. The van der Waals surface area contributed by atoms with Gasteiger partial charge in [0.15, 0.2) is 0 Å². The minimum absolute atomic E-state index is 0.0877. The first kappa shape index (κ1) is 23.5. The number of allylic oxidation sites excluding steroid dienone is 1. The van der Waals surface area contributed by atoms with E-state index in [4.69, 9.17) is 0 Å². The SMILES string of the molecule is C=C(C)c1ccc(C[C@H](C)CCC(=O)CC(C)(C)C)cc1Cc1cccc(C2CC2)c1. The maximum Gasteiger partial charge on any atom is 0.133 e. The van der Waals surface area contributed by atoms with Crippen molar-refractivity contribution in [2.45, 2.75) is 85.5 Å². The zero-order valence-corrected chi connectivity index (χ0v) is 20.3. The first-order valence-electron chi connectivity index (χ1n) is 12.0. The monoisotopic (exact) mass is 416 g/mol. The Balaban J connectivity index is 1.67. The average molecular weight is 417 g/mol. The lowest BCUT2D eigenvalue weighted by Crippen LogP contribution is -2.14. The van der Waals surface area contributed by atoms with E-state index in [0.717, 1.165) is 30.8 Å². The van der Waals surface area contributed by atoms with Gasteiger partial charge in [-0.2, -0.15) is 0 Å². The van der Waals surface area contributed by atoms with Crippen LogP contribution in [-0.4, -0.2) is 5.78 Å². The summed E-state index contributed by atoms with van der Waals surface area (Å²) in [5, 5.41) is 0. The molecule has 0 radical (unpaired) electrons. The summed E-state index contributed by atoms with van der Waals surface area (Å²) < 4.78 is 0. The van der Waals surface area contributed by atoms with Gasteiger partial charge in [-0.3, -0.25) is 4.79 Å². The number of rotatable bonds is 10. The van der Waals surface area contributed by atoms with Crippen LogP contribution < -0.4 is 0 Å². The van der Waals surface area contributed by atoms with E-state index >= 15 is 0 Å². The second-order valence-electron chi connectivity index (χ2n) is 11.1. The third-order valence-electron chi connectivity index (χ3n) is 6.25. The Bertz CT molecular complexity index is 924. The van der Waals surface area contributed by atoms with Gasteiger partial charge in [-0.1, -0.05) is 82.3 Å². The summed E-state index contributed by atoms with van der Waals surface area (Å²) in [5.74, 6) is 1.69. The van der Waals surface area contributed by atoms with Crippen LogP contribution in [0, 0.1) is 11.3 Å². The van der Waals surface area contributed by atoms with Crippen LogP contribution in [0.3, 0.4) is 0 Å². The van der Waals surface area contributed by atoms with Crippen molar-refractivity contribution in [3.05, 3.63) is 76.9 Å². The average Bonchev–Trinajstić information content (AvgIpc) is 3.50. The highest BCUT2D eigenvalue weighted by Gasteiger charge is 2.23. The summed E-state index contributed by atoms with van der Waals surface area (Å²) in [7, 11) is 0. The maximum atomic E-state index is 12.3. The number of Topliss-reactive ketones (excluding diaryl/α,β-unsaturated/α-hetero) is 1. The van der Waals surface area contributed by atoms with Crippen molar-refractivity contribution in [1.82, 2.24) is 0 Å². The van der Waals surface area contributed by atoms with Gasteiger partial charge in [-0.15, -0.1) is 0 Å². The zero-order valence-electron chi connectivity index (χ0n) is 20.3. The smallest absolute Gasteiger partial charge is 0.133 e. The quantitative estimate of drug-likeness (QED) is 0.382. The minimum atomic E-state index is 0.0877. The molecule has 0 amide bonds. The molecule has 0 aliphatic heterocycles. The summed E-state index contributed by atoms with van der Waals surface area (Å²) in [6, 6.07) is 16.0. The van der Waals surface area contributed by atoms with Gasteiger partial charge >= 0.3 is 0 Å². The van der Waals surface area contributed by atoms with E-state index in [9.17, 15) is 4.79 Å². The van der Waals surface area contributed by atoms with Gasteiger partial charge in [0.25, 0.3) is 0 Å². The van der Waals surface area contributed by atoms with Gasteiger partial charge in [0.1, 0.15) is 5.78 Å². The lowest BCUT2D eigenvalue weighted by molar-refractivity contribution is -0.121. The number of hydrogen-bond acceptors (Lipinski definition) is 1. The van der Waals surface area contributed by atoms with Crippen molar-refractivity contribution in [1.29, 1.82) is 0 Å². The molecule has 0 heterocycles. The Morgan fingerprint density at radius 1 is 1.10 bits per heavy atom. The maximum absolute atomic E-state index is 12.3. The fourth-order valence-electron chi connectivity index (χ4n) is 4.52. The number of hydrogen-bond donors (Lipinski definition) is 0. The molecule has 1 heteroatoms. The molecular formula is C30H40O. The van der Waals surface area contributed by atoms with Gasteiger partial charge in [0.2, 0.25) is 0 Å². The first-order valence-corrected chi connectivity index (χ1v) is 12.0. The normalized spacial score (nSPS) is 15.0. The predicted octanol–water partition coefficient (Wildman–Crippen LogP) is 8.15. The third-order valence-corrected chi connectivity index (χ3v) is 6.25. The highest BCUT2D eigenvalue weighted by atomic mass is 16.1. The zero-order chi connectivity index (χ0) is 22.6. The van der Waals surface area contributed by atoms with Crippen LogP contribution in [0.5, 0.6) is 0 Å². The number of carbonyl (C=O) groups is 1. The van der Waals surface area contributed by atoms with Crippen molar-refractivity contribution < 1.29 is 4.79 Å². The molecule has 31 heavy (non-hydrogen) atoms. The molecule has 1 aliphatic carbocycles. The molecule has 0 unspecified atom stereocenters. The summed E-state index contributed by atoms with van der Waals surface area (Å²) >= 11 is 0. The Kier molecular flexibility index (Phi) is 7.57. The van der Waals surface area contributed by atoms with Gasteiger partial charge in [-0.05, 0) is 84.1 Å². The topological polar surface area (TPSA) is 17.1 Å². The van der Waals surface area contributed by atoms with E-state index in [2.05, 4.69) is 83.7 Å². The molecule has 1 aliphatic rings. The molecule has 1 saturated carbocycles. The summed E-state index contributed by atoms with van der Waals surface area (Å²) in [6.07, 6.45) is 7.00. The van der Waals surface area contributed by atoms with Crippen molar-refractivity contribution >= 4 is 11.4 Å². The molecule has 0 aromatic heterocycles. The molecule has 2 aromatic rings. The van der Waals surface area contributed by atoms with Crippen LogP contribution in [-0.2, 0) is 17.6 Å². The van der Waals surface area contributed by atoms with Crippen LogP contribution in [0.2, 0.25) is 0 Å². The van der Waals surface area contributed by atoms with Crippen molar-refractivity contribution in [3.8, 4) is 0 Å². The van der Waals surface area contributed by atoms with E-state index in [1.54, 1.807) is 0 Å². The van der Waals surface area contributed by atoms with Crippen LogP contribution in [0.4, 0.5) is 0 Å². The van der Waals surface area contributed by atoms with E-state index in [-0.39, 0.29) is 5.41 Å². The molecule has 3 rings (SSSR count). The lowest BCUT2D eigenvalue weighted by Gasteiger charge is -2.18. The molecule has 0 saturated heterocycles. The first-order chi connectivity index (χ1) is 14.6. The second kappa shape index (κ2) is 9.98. The van der Waals surface area contributed by atoms with Gasteiger partial charge < -0.3 is 0 Å². The Labute approximate surface area is 190 Å². The lowest BCUT2D eigenvalue weighted by atomic mass is 9.86. The molecular weight excluding hydrogens is 376 g/mol. The highest BCUT2D eigenvalue weighted by molar-refractivity contribution is 5.78. The third kappa shape index (κ3) is 7.49. The minimum Gasteiger partial charge on any atom is -0.300 e. The fourth-order valence-corrected chi connectivity index (χ4v) is 4.52. The molecule has 1 fully saturated rings. The van der Waals surface area contributed by atoms with Crippen molar-refractivity contribution in [2.24, 2.45) is 11.3 Å². The van der Waals surface area contributed by atoms with E-state index in [1.165, 1.54) is 40.7 Å². The van der Waals surface area contributed by atoms with Crippen molar-refractivity contribution in [2.75, 3.05) is 0 Å². The highest BCUT2D eigenvalue weighted by Crippen LogP contribution is 2.40. The van der Waals surface area contributed by atoms with E-state index < -0.39 is 0 Å². The Hall–Kier alpha value is -2.15. The number of carbonyl (C=O) groups excluding carboxylic acids is 1. The van der Waals surface area contributed by atoms with Gasteiger partial charge in [-0.25, -0.2) is 0 Å². The predicted molar refractivity (Wildman–Crippen MR) is 134 cm³/mol. The van der Waals surface area contributed by atoms with Crippen LogP contribution >= 0.6 is 0 Å². The molecule has 2 aromatic carbocycles. The molecule has 166 valence electrons. The molecule has 0 bridgehead atoms. The van der Waals surface area contributed by atoms with E-state index in [1.807, 2.05) is 0 Å². The molecule has 0 spiro atoms. The summed E-state index contributed by atoms with van der Waals surface area (Å²) in [4.78, 5) is 12.3. The molecule has 1 nitrogen and oxygen atoms in total. The standard InChI is InChI=1S/C30H40O/c1-21(2)29-15-11-24(16-22(3)10-14-28(31)20-30(4,5)6)19-27(29)18-23-8-7-9-26(17-23)25-12-13-25/h7-9,11,15,17,19,22,25H,1,10,12-14,16,18,20H2,2-6H3/t22-/m1/s1. The number of benzene rings is 2. The van der Waals surface area contributed by atoms with Crippen LogP contribution in [0.15, 0.2) is 49.0 Å². The van der Waals surface area contributed by atoms with Crippen LogP contribution in [0.25, 0.3) is 5.57 Å². The van der Waals surface area contributed by atoms with E-state index in [0.29, 0.717) is 24.5 Å². The Morgan fingerprint density at radius 2 is 1.84 bits per heavy atom. The Morgan fingerprint density at radius 3 is 2.48 bits per heavy atom. The second-order valence-corrected chi connectivity index (χ2v) is 11.1. The summed E-state index contributed by atoms with van der Waals surface area (Å²) in [6.45, 7) is 15.0. The van der Waals surface area contributed by atoms with Gasteiger partial charge in [0, 0.05) is 12.8 Å². The largest absolute Gasteiger partial charge is 0.300 e.